The van der Waals surface area contributed by atoms with E-state index in [1.807, 2.05) is 20.8 Å². The highest BCUT2D eigenvalue weighted by Gasteiger charge is 2.05. The summed E-state index contributed by atoms with van der Waals surface area (Å²) in [6.45, 7) is 7.76. The molecule has 17 heavy (non-hydrogen) atoms. The third-order valence-corrected chi connectivity index (χ3v) is 2.36. The maximum atomic E-state index is 5.51. The molecular formula is C11H18BrN3O2. The first-order chi connectivity index (χ1) is 8.13. The molecule has 0 saturated heterocycles. The lowest BCUT2D eigenvalue weighted by Crippen LogP contribution is -2.12. The maximum absolute atomic E-state index is 5.51. The molecule has 0 bridgehead atoms. The van der Waals surface area contributed by atoms with Gasteiger partial charge in [-0.05, 0) is 36.7 Å². The van der Waals surface area contributed by atoms with E-state index in [0.717, 1.165) is 11.0 Å². The van der Waals surface area contributed by atoms with Gasteiger partial charge in [0, 0.05) is 6.54 Å². The number of anilines is 1. The molecule has 0 saturated carbocycles. The second-order valence-corrected chi connectivity index (χ2v) is 4.50. The highest BCUT2D eigenvalue weighted by atomic mass is 79.9. The number of ether oxygens (including phenoxy) is 2. The first kappa shape index (κ1) is 14.2. The fraction of sp³-hybridized carbons (Fsp3) is 0.636. The summed E-state index contributed by atoms with van der Waals surface area (Å²) in [5.74, 6) is 1.10. The lowest BCUT2D eigenvalue weighted by Gasteiger charge is -2.10. The van der Waals surface area contributed by atoms with Gasteiger partial charge in [-0.1, -0.05) is 0 Å². The molecule has 0 radical (unpaired) electrons. The van der Waals surface area contributed by atoms with E-state index in [9.17, 15) is 0 Å². The number of nitrogens with zero attached hydrogens (tertiary/aromatic N) is 2. The van der Waals surface area contributed by atoms with Crippen LogP contribution in [0.25, 0.3) is 0 Å². The van der Waals surface area contributed by atoms with Crippen LogP contribution in [-0.4, -0.2) is 35.8 Å². The highest BCUT2D eigenvalue weighted by molar-refractivity contribution is 9.10. The van der Waals surface area contributed by atoms with E-state index in [4.69, 9.17) is 9.47 Å². The van der Waals surface area contributed by atoms with Crippen LogP contribution in [0.1, 0.15) is 20.8 Å². The Morgan fingerprint density at radius 2 is 2.18 bits per heavy atom. The Labute approximate surface area is 110 Å². The van der Waals surface area contributed by atoms with Crippen LogP contribution < -0.4 is 10.1 Å². The fourth-order valence-corrected chi connectivity index (χ4v) is 1.42. The van der Waals surface area contributed by atoms with E-state index in [2.05, 4.69) is 31.2 Å². The molecule has 0 aromatic carbocycles. The van der Waals surface area contributed by atoms with Gasteiger partial charge in [0.1, 0.15) is 6.61 Å². The minimum Gasteiger partial charge on any atom is -0.474 e. The lowest BCUT2D eigenvalue weighted by molar-refractivity contribution is 0.0541. The Hall–Kier alpha value is -0.880. The molecular weight excluding hydrogens is 286 g/mol. The Balaban J connectivity index is 2.48. The second-order valence-electron chi connectivity index (χ2n) is 3.65. The molecule has 96 valence electrons. The van der Waals surface area contributed by atoms with Gasteiger partial charge in [0.05, 0.1) is 23.4 Å². The normalized spacial score (nSPS) is 10.6. The lowest BCUT2D eigenvalue weighted by atomic mass is 10.5. The minimum atomic E-state index is 0.213. The van der Waals surface area contributed by atoms with Crippen LogP contribution in [0.4, 0.5) is 5.95 Å². The molecule has 1 rings (SSSR count). The number of nitrogens with one attached hydrogen (secondary N) is 1. The third kappa shape index (κ3) is 5.32. The Morgan fingerprint density at radius 1 is 1.41 bits per heavy atom. The zero-order valence-corrected chi connectivity index (χ0v) is 12.0. The van der Waals surface area contributed by atoms with Crippen molar-refractivity contribution in [1.29, 1.82) is 0 Å². The summed E-state index contributed by atoms with van der Waals surface area (Å²) in [6.07, 6.45) is 1.88. The molecule has 0 fully saturated rings. The van der Waals surface area contributed by atoms with Crippen LogP contribution in [0.15, 0.2) is 10.7 Å². The fourth-order valence-electron chi connectivity index (χ4n) is 1.12. The molecule has 0 aliphatic carbocycles. The van der Waals surface area contributed by atoms with Gasteiger partial charge in [-0.2, -0.15) is 4.98 Å². The minimum absolute atomic E-state index is 0.213. The van der Waals surface area contributed by atoms with Crippen molar-refractivity contribution < 1.29 is 9.47 Å². The standard InChI is InChI=1S/C11H18BrN3O2/c1-4-13-11-14-7-9(12)10(15-11)17-6-5-16-8(2)3/h7-8H,4-6H2,1-3H3,(H,13,14,15). The molecule has 1 heterocycles. The van der Waals surface area contributed by atoms with Crippen LogP contribution in [0.3, 0.4) is 0 Å². The zero-order chi connectivity index (χ0) is 12.7. The van der Waals surface area contributed by atoms with Crippen molar-refractivity contribution in [3.8, 4) is 5.88 Å². The first-order valence-corrected chi connectivity index (χ1v) is 6.43. The van der Waals surface area contributed by atoms with Gasteiger partial charge in [-0.15, -0.1) is 0 Å². The Bertz CT molecular complexity index is 347. The number of halogens is 1. The number of hydrogen-bond donors (Lipinski definition) is 1. The molecule has 6 heteroatoms. The quantitative estimate of drug-likeness (QED) is 0.784. The monoisotopic (exact) mass is 303 g/mol. The van der Waals surface area contributed by atoms with Gasteiger partial charge in [-0.25, -0.2) is 4.98 Å². The molecule has 0 aliphatic rings. The SMILES string of the molecule is CCNc1ncc(Br)c(OCCOC(C)C)n1. The highest BCUT2D eigenvalue weighted by Crippen LogP contribution is 2.22. The van der Waals surface area contributed by atoms with Gasteiger partial charge in [0.25, 0.3) is 0 Å². The summed E-state index contributed by atoms with van der Waals surface area (Å²) in [7, 11) is 0. The summed E-state index contributed by atoms with van der Waals surface area (Å²) < 4.78 is 11.6. The predicted octanol–water partition coefficient (Wildman–Crippen LogP) is 2.47. The van der Waals surface area contributed by atoms with Gasteiger partial charge in [-0.3, -0.25) is 0 Å². The van der Waals surface area contributed by atoms with Gasteiger partial charge < -0.3 is 14.8 Å². The number of hydrogen-bond acceptors (Lipinski definition) is 5. The van der Waals surface area contributed by atoms with Gasteiger partial charge in [0.15, 0.2) is 0 Å². The summed E-state index contributed by atoms with van der Waals surface area (Å²) in [5.41, 5.74) is 0. The predicted molar refractivity (Wildman–Crippen MR) is 70.5 cm³/mol. The van der Waals surface area contributed by atoms with Crippen molar-refractivity contribution in [2.45, 2.75) is 26.9 Å². The van der Waals surface area contributed by atoms with Crippen molar-refractivity contribution in [2.24, 2.45) is 0 Å². The third-order valence-electron chi connectivity index (χ3n) is 1.82. The van der Waals surface area contributed by atoms with Crippen LogP contribution in [-0.2, 0) is 4.74 Å². The maximum Gasteiger partial charge on any atom is 0.232 e. The number of rotatable bonds is 7. The molecule has 1 N–H and O–H groups in total. The molecule has 0 unspecified atom stereocenters. The first-order valence-electron chi connectivity index (χ1n) is 5.64. The second kappa shape index (κ2) is 7.45. The smallest absolute Gasteiger partial charge is 0.232 e. The van der Waals surface area contributed by atoms with Crippen molar-refractivity contribution in [3.63, 3.8) is 0 Å². The molecule has 1 aromatic heterocycles. The molecule has 5 nitrogen and oxygen atoms in total. The Morgan fingerprint density at radius 3 is 2.82 bits per heavy atom. The van der Waals surface area contributed by atoms with Gasteiger partial charge in [0.2, 0.25) is 11.8 Å². The van der Waals surface area contributed by atoms with E-state index >= 15 is 0 Å². The molecule has 0 spiro atoms. The van der Waals surface area contributed by atoms with E-state index in [1.165, 1.54) is 0 Å². The van der Waals surface area contributed by atoms with E-state index in [-0.39, 0.29) is 6.10 Å². The van der Waals surface area contributed by atoms with Crippen LogP contribution in [0.2, 0.25) is 0 Å². The van der Waals surface area contributed by atoms with Crippen molar-refractivity contribution in [1.82, 2.24) is 9.97 Å². The van der Waals surface area contributed by atoms with Gasteiger partial charge >= 0.3 is 0 Å². The van der Waals surface area contributed by atoms with Crippen LogP contribution >= 0.6 is 15.9 Å². The molecule has 1 aromatic rings. The molecule has 0 atom stereocenters. The summed E-state index contributed by atoms with van der Waals surface area (Å²) in [5, 5.41) is 3.03. The van der Waals surface area contributed by atoms with Crippen molar-refractivity contribution in [2.75, 3.05) is 25.1 Å². The molecule has 0 amide bonds. The zero-order valence-electron chi connectivity index (χ0n) is 10.4. The average molecular weight is 304 g/mol. The van der Waals surface area contributed by atoms with E-state index < -0.39 is 0 Å². The summed E-state index contributed by atoms with van der Waals surface area (Å²) in [4.78, 5) is 8.34. The van der Waals surface area contributed by atoms with E-state index in [0.29, 0.717) is 25.0 Å². The van der Waals surface area contributed by atoms with Crippen molar-refractivity contribution in [3.05, 3.63) is 10.7 Å². The summed E-state index contributed by atoms with van der Waals surface area (Å²) >= 11 is 3.34. The number of aromatic nitrogens is 2. The van der Waals surface area contributed by atoms with Crippen molar-refractivity contribution >= 4 is 21.9 Å². The largest absolute Gasteiger partial charge is 0.474 e. The Kier molecular flexibility index (Phi) is 6.21. The van der Waals surface area contributed by atoms with E-state index in [1.54, 1.807) is 6.20 Å². The summed E-state index contributed by atoms with van der Waals surface area (Å²) in [6, 6.07) is 0. The van der Waals surface area contributed by atoms with Crippen LogP contribution in [0, 0.1) is 0 Å². The molecule has 0 aliphatic heterocycles. The average Bonchev–Trinajstić information content (AvgIpc) is 2.28. The topological polar surface area (TPSA) is 56.3 Å². The van der Waals surface area contributed by atoms with Crippen LogP contribution in [0.5, 0.6) is 5.88 Å².